The maximum Gasteiger partial charge on any atom is 0.310 e. The van der Waals surface area contributed by atoms with Gasteiger partial charge in [0.1, 0.15) is 17.9 Å². The second-order valence-electron chi connectivity index (χ2n) is 10.5. The number of Topliss-reactive ketones (excluding diaryl/α,β-unsaturated/α-hetero) is 1. The molecular weight excluding hydrogens is 582 g/mol. The minimum Gasteiger partial charge on any atom is -0.469 e. The standard InChI is InChI=1S/C17H18N5O.C17H17N4O2/c18-10-17(23)9-14-5-4-8-21(11-14)12-15-13-22(20-19-15)16-6-2-1-3-7-16;1-23-17(22)10-14-6-5-9-20(11-14)12-15-13-21(19-18-15)16-7-3-2-4-8-16/h1-8,11,13H,9-10,12,18H2;2-9,11,13H,10,12H2,1H3/q2*+1/p+1. The second kappa shape index (κ2) is 15.7. The van der Waals surface area contributed by atoms with Gasteiger partial charge in [-0.1, -0.05) is 46.8 Å². The number of pyridine rings is 2. The van der Waals surface area contributed by atoms with Gasteiger partial charge >= 0.3 is 5.97 Å². The molecule has 6 aromatic rings. The molecule has 0 fully saturated rings. The zero-order valence-corrected chi connectivity index (χ0v) is 25.6. The summed E-state index contributed by atoms with van der Waals surface area (Å²) in [4.78, 5) is 22.9. The first-order chi connectivity index (χ1) is 22.5. The maximum absolute atomic E-state index is 11.5. The second-order valence-corrected chi connectivity index (χ2v) is 10.5. The van der Waals surface area contributed by atoms with Crippen LogP contribution >= 0.6 is 0 Å². The van der Waals surface area contributed by atoms with Gasteiger partial charge in [0.25, 0.3) is 0 Å². The van der Waals surface area contributed by atoms with Gasteiger partial charge in [-0.3, -0.25) is 9.59 Å². The van der Waals surface area contributed by atoms with Gasteiger partial charge in [0.05, 0.1) is 37.3 Å². The molecule has 0 saturated heterocycles. The number of nitrogens with zero attached hydrogens (tertiary/aromatic N) is 8. The molecule has 46 heavy (non-hydrogen) atoms. The molecule has 0 amide bonds. The van der Waals surface area contributed by atoms with Crippen molar-refractivity contribution in [2.24, 2.45) is 0 Å². The number of carbonyl (C=O) groups is 2. The average Bonchev–Trinajstić information content (AvgIpc) is 3.76. The molecular formula is C34H36N9O3+3. The van der Waals surface area contributed by atoms with Crippen molar-refractivity contribution in [3.05, 3.63) is 145 Å². The minimum absolute atomic E-state index is 0.137. The molecule has 4 heterocycles. The van der Waals surface area contributed by atoms with Crippen molar-refractivity contribution in [3.63, 3.8) is 0 Å². The highest BCUT2D eigenvalue weighted by Crippen LogP contribution is 2.07. The summed E-state index contributed by atoms with van der Waals surface area (Å²) in [5, 5.41) is 16.7. The monoisotopic (exact) mass is 618 g/mol. The van der Waals surface area contributed by atoms with E-state index in [2.05, 4.69) is 26.4 Å². The summed E-state index contributed by atoms with van der Waals surface area (Å²) in [6, 6.07) is 27.4. The number of ketones is 1. The molecule has 0 atom stereocenters. The number of quaternary nitrogens is 1. The van der Waals surface area contributed by atoms with E-state index in [-0.39, 0.29) is 18.2 Å². The highest BCUT2D eigenvalue weighted by atomic mass is 16.5. The summed E-state index contributed by atoms with van der Waals surface area (Å²) in [6.45, 7) is 1.52. The average molecular weight is 619 g/mol. The molecule has 0 bridgehead atoms. The van der Waals surface area contributed by atoms with Crippen molar-refractivity contribution in [2.45, 2.75) is 25.9 Å². The summed E-state index contributed by atoms with van der Waals surface area (Å²) < 4.78 is 12.2. The van der Waals surface area contributed by atoms with E-state index in [4.69, 9.17) is 4.74 Å². The molecule has 0 aliphatic heterocycles. The smallest absolute Gasteiger partial charge is 0.310 e. The third-order valence-electron chi connectivity index (χ3n) is 6.91. The predicted molar refractivity (Wildman–Crippen MR) is 166 cm³/mol. The number of carbonyl (C=O) groups excluding carboxylic acids is 2. The number of ether oxygens (including phenoxy) is 1. The van der Waals surface area contributed by atoms with E-state index in [1.165, 1.54) is 7.11 Å². The predicted octanol–water partition coefficient (Wildman–Crippen LogP) is 1.28. The number of rotatable bonds is 11. The molecule has 0 unspecified atom stereocenters. The molecule has 232 valence electrons. The van der Waals surface area contributed by atoms with Crippen molar-refractivity contribution in [1.82, 2.24) is 30.0 Å². The Morgan fingerprint density at radius 2 is 1.17 bits per heavy atom. The van der Waals surface area contributed by atoms with Crippen molar-refractivity contribution in [1.29, 1.82) is 0 Å². The number of esters is 1. The van der Waals surface area contributed by atoms with Crippen LogP contribution in [0.25, 0.3) is 11.4 Å². The van der Waals surface area contributed by atoms with E-state index in [0.717, 1.165) is 33.9 Å². The molecule has 0 radical (unpaired) electrons. The van der Waals surface area contributed by atoms with Crippen molar-refractivity contribution in [3.8, 4) is 11.4 Å². The van der Waals surface area contributed by atoms with Crippen molar-refractivity contribution in [2.75, 3.05) is 13.7 Å². The van der Waals surface area contributed by atoms with Crippen molar-refractivity contribution < 1.29 is 29.2 Å². The Balaban J connectivity index is 0.000000181. The molecule has 12 heteroatoms. The Kier molecular flexibility index (Phi) is 10.8. The first kappa shape index (κ1) is 31.5. The van der Waals surface area contributed by atoms with Gasteiger partial charge in [-0.2, -0.15) is 9.13 Å². The Morgan fingerprint density at radius 3 is 1.63 bits per heavy atom. The van der Waals surface area contributed by atoms with Crippen LogP contribution in [0.5, 0.6) is 0 Å². The fourth-order valence-corrected chi connectivity index (χ4v) is 4.64. The Hall–Kier alpha value is -5.88. The van der Waals surface area contributed by atoms with Crippen LogP contribution in [0.2, 0.25) is 0 Å². The van der Waals surface area contributed by atoms with Gasteiger partial charge < -0.3 is 10.5 Å². The SMILES string of the molecule is COC(=O)Cc1ccc[n+](Cc2cn(-c3ccccc3)nn2)c1.[NH3+]CC(=O)Cc1ccc[n+](Cc2cn(-c3ccccc3)nn2)c1. The summed E-state index contributed by atoms with van der Waals surface area (Å²) in [5.41, 5.74) is 9.16. The van der Waals surface area contributed by atoms with Crippen LogP contribution in [0.1, 0.15) is 22.5 Å². The Morgan fingerprint density at radius 1 is 0.696 bits per heavy atom. The molecule has 0 aliphatic carbocycles. The lowest BCUT2D eigenvalue weighted by Crippen LogP contribution is -2.54. The summed E-state index contributed by atoms with van der Waals surface area (Å²) in [6.07, 6.45) is 12.3. The molecule has 12 nitrogen and oxygen atoms in total. The quantitative estimate of drug-likeness (QED) is 0.170. The summed E-state index contributed by atoms with van der Waals surface area (Å²) >= 11 is 0. The molecule has 6 rings (SSSR count). The highest BCUT2D eigenvalue weighted by molar-refractivity contribution is 5.81. The lowest BCUT2D eigenvalue weighted by Gasteiger charge is -1.99. The normalized spacial score (nSPS) is 10.6. The van der Waals surface area contributed by atoms with E-state index >= 15 is 0 Å². The lowest BCUT2D eigenvalue weighted by molar-refractivity contribution is -0.689. The fraction of sp³-hybridized carbons (Fsp3) is 0.176. The molecule has 3 N–H and O–H groups in total. The minimum atomic E-state index is -0.252. The van der Waals surface area contributed by atoms with E-state index in [1.54, 1.807) is 9.36 Å². The van der Waals surface area contributed by atoms with Crippen LogP contribution in [0.15, 0.2) is 122 Å². The van der Waals surface area contributed by atoms with Crippen LogP contribution < -0.4 is 14.9 Å². The van der Waals surface area contributed by atoms with Crippen LogP contribution in [-0.2, 0) is 40.3 Å². The zero-order chi connectivity index (χ0) is 32.1. The molecule has 0 saturated carbocycles. The molecule has 0 aliphatic rings. The van der Waals surface area contributed by atoms with Crippen LogP contribution in [0.4, 0.5) is 0 Å². The molecule has 4 aromatic heterocycles. The van der Waals surface area contributed by atoms with E-state index < -0.39 is 0 Å². The molecule has 2 aromatic carbocycles. The van der Waals surface area contributed by atoms with Gasteiger partial charge in [0, 0.05) is 29.7 Å². The number of hydrogen-bond donors (Lipinski definition) is 1. The van der Waals surface area contributed by atoms with Gasteiger partial charge in [-0.05, 0) is 36.4 Å². The van der Waals surface area contributed by atoms with Gasteiger partial charge in [0.2, 0.25) is 0 Å². The van der Waals surface area contributed by atoms with E-state index in [9.17, 15) is 9.59 Å². The highest BCUT2D eigenvalue weighted by Gasteiger charge is 2.13. The maximum atomic E-state index is 11.5. The van der Waals surface area contributed by atoms with Gasteiger partial charge in [-0.15, -0.1) is 10.2 Å². The number of aromatic nitrogens is 8. The Bertz CT molecular complexity index is 1730. The van der Waals surface area contributed by atoms with Gasteiger partial charge in [-0.25, -0.2) is 9.36 Å². The topological polar surface area (TPSA) is 140 Å². The van der Waals surface area contributed by atoms with Crippen LogP contribution in [0.3, 0.4) is 0 Å². The number of methoxy groups -OCH3 is 1. The number of benzene rings is 2. The lowest BCUT2D eigenvalue weighted by atomic mass is 10.1. The van der Waals surface area contributed by atoms with E-state index in [0.29, 0.717) is 26.1 Å². The number of hydrogen-bond acceptors (Lipinski definition) is 7. The third-order valence-corrected chi connectivity index (χ3v) is 6.91. The first-order valence-corrected chi connectivity index (χ1v) is 14.8. The molecule has 0 spiro atoms. The Labute approximate surface area is 266 Å². The summed E-state index contributed by atoms with van der Waals surface area (Å²) in [5.74, 6) is -0.115. The van der Waals surface area contributed by atoms with Crippen LogP contribution in [0, 0.1) is 0 Å². The van der Waals surface area contributed by atoms with Gasteiger partial charge in [0.15, 0.2) is 43.7 Å². The fourth-order valence-electron chi connectivity index (χ4n) is 4.64. The first-order valence-electron chi connectivity index (χ1n) is 14.8. The largest absolute Gasteiger partial charge is 0.469 e. The third kappa shape index (κ3) is 9.07. The zero-order valence-electron chi connectivity index (χ0n) is 25.6. The summed E-state index contributed by atoms with van der Waals surface area (Å²) in [7, 11) is 1.39. The van der Waals surface area contributed by atoms with Crippen LogP contribution in [-0.4, -0.2) is 55.4 Å². The van der Waals surface area contributed by atoms with E-state index in [1.807, 2.05) is 131 Å². The van der Waals surface area contributed by atoms with Crippen molar-refractivity contribution >= 4 is 11.8 Å². The number of para-hydroxylation sites is 2.